The molecule has 1 aliphatic rings. The van der Waals surface area contributed by atoms with E-state index in [-0.39, 0.29) is 5.54 Å². The molecule has 0 saturated carbocycles. The second kappa shape index (κ2) is 3.71. The van der Waals surface area contributed by atoms with E-state index in [2.05, 4.69) is 18.2 Å². The Hall–Kier alpha value is -0.870. The number of rotatable bonds is 3. The molecule has 2 rings (SSSR count). The maximum atomic E-state index is 6.18. The van der Waals surface area contributed by atoms with Crippen LogP contribution in [0.4, 0.5) is 0 Å². The molecule has 4 nitrogen and oxygen atoms in total. The summed E-state index contributed by atoms with van der Waals surface area (Å²) in [5, 5.41) is 4.23. The third-order valence-electron chi connectivity index (χ3n) is 2.70. The third-order valence-corrected chi connectivity index (χ3v) is 2.70. The van der Waals surface area contributed by atoms with E-state index in [0.717, 1.165) is 26.0 Å². The summed E-state index contributed by atoms with van der Waals surface area (Å²) in [6.45, 7) is 4.45. The maximum Gasteiger partial charge on any atom is 0.0650 e. The van der Waals surface area contributed by atoms with Crippen LogP contribution >= 0.6 is 0 Å². The van der Waals surface area contributed by atoms with E-state index in [1.807, 2.05) is 10.9 Å². The van der Waals surface area contributed by atoms with Crippen LogP contribution in [-0.2, 0) is 17.7 Å². The summed E-state index contributed by atoms with van der Waals surface area (Å²) in [7, 11) is 0. The van der Waals surface area contributed by atoms with Gasteiger partial charge < -0.3 is 10.5 Å². The molecule has 1 fully saturated rings. The van der Waals surface area contributed by atoms with Gasteiger partial charge in [-0.25, -0.2) is 0 Å². The van der Waals surface area contributed by atoms with Gasteiger partial charge in [0, 0.05) is 24.9 Å². The van der Waals surface area contributed by atoms with Crippen LogP contribution < -0.4 is 5.73 Å². The Balaban J connectivity index is 2.02. The molecule has 4 heteroatoms. The average Bonchev–Trinajstić information content (AvgIpc) is 2.75. The average molecular weight is 195 g/mol. The Morgan fingerprint density at radius 2 is 2.57 bits per heavy atom. The summed E-state index contributed by atoms with van der Waals surface area (Å²) < 4.78 is 7.24. The molecule has 1 aromatic rings. The van der Waals surface area contributed by atoms with Gasteiger partial charge in [0.15, 0.2) is 0 Å². The maximum absolute atomic E-state index is 6.18. The summed E-state index contributed by atoms with van der Waals surface area (Å²) in [5.41, 5.74) is 7.22. The van der Waals surface area contributed by atoms with E-state index in [0.29, 0.717) is 6.61 Å². The molecule has 0 amide bonds. The van der Waals surface area contributed by atoms with Crippen LogP contribution in [-0.4, -0.2) is 28.5 Å². The Labute approximate surface area is 84.0 Å². The highest BCUT2D eigenvalue weighted by atomic mass is 16.5. The molecular formula is C10H17N3O. The Bertz CT molecular complexity index is 302. The van der Waals surface area contributed by atoms with Crippen molar-refractivity contribution in [1.82, 2.24) is 9.78 Å². The molecule has 0 aliphatic carbocycles. The molecule has 0 spiro atoms. The van der Waals surface area contributed by atoms with Crippen molar-refractivity contribution in [3.8, 4) is 0 Å². The Morgan fingerprint density at radius 1 is 1.71 bits per heavy atom. The van der Waals surface area contributed by atoms with Crippen LogP contribution in [0.1, 0.15) is 18.9 Å². The van der Waals surface area contributed by atoms with Gasteiger partial charge in [0.1, 0.15) is 0 Å². The van der Waals surface area contributed by atoms with Crippen molar-refractivity contribution in [1.29, 1.82) is 0 Å². The van der Waals surface area contributed by atoms with Gasteiger partial charge in [-0.15, -0.1) is 0 Å². The van der Waals surface area contributed by atoms with Gasteiger partial charge in [-0.05, 0) is 25.3 Å². The monoisotopic (exact) mass is 195 g/mol. The molecule has 0 bridgehead atoms. The van der Waals surface area contributed by atoms with E-state index in [1.54, 1.807) is 0 Å². The second-order valence-corrected chi connectivity index (χ2v) is 4.05. The van der Waals surface area contributed by atoms with Gasteiger partial charge in [0.25, 0.3) is 0 Å². The van der Waals surface area contributed by atoms with Crippen LogP contribution in [0.3, 0.4) is 0 Å². The number of hydrogen-bond donors (Lipinski definition) is 1. The summed E-state index contributed by atoms with van der Waals surface area (Å²) in [6, 6.07) is 0. The standard InChI is InChI=1S/C10H17N3O/c1-2-13-7-9(6-12-13)5-10(11)3-4-14-8-10/h6-7H,2-5,8,11H2,1H3. The van der Waals surface area contributed by atoms with E-state index in [9.17, 15) is 0 Å². The number of nitrogens with two attached hydrogens (primary N) is 1. The molecule has 1 aliphatic heterocycles. The van der Waals surface area contributed by atoms with Crippen molar-refractivity contribution in [2.24, 2.45) is 5.73 Å². The van der Waals surface area contributed by atoms with Crippen molar-refractivity contribution in [2.75, 3.05) is 13.2 Å². The van der Waals surface area contributed by atoms with Crippen molar-refractivity contribution >= 4 is 0 Å². The highest BCUT2D eigenvalue weighted by Crippen LogP contribution is 2.20. The molecule has 2 N–H and O–H groups in total. The fraction of sp³-hybridized carbons (Fsp3) is 0.700. The lowest BCUT2D eigenvalue weighted by Crippen LogP contribution is -2.42. The second-order valence-electron chi connectivity index (χ2n) is 4.05. The van der Waals surface area contributed by atoms with E-state index < -0.39 is 0 Å². The molecule has 14 heavy (non-hydrogen) atoms. The molecule has 1 aromatic heterocycles. The lowest BCUT2D eigenvalue weighted by molar-refractivity contribution is 0.178. The smallest absolute Gasteiger partial charge is 0.0650 e. The lowest BCUT2D eigenvalue weighted by Gasteiger charge is -2.20. The predicted octanol–water partition coefficient (Wildman–Crippen LogP) is 0.563. The van der Waals surface area contributed by atoms with Crippen molar-refractivity contribution in [3.05, 3.63) is 18.0 Å². The molecule has 78 valence electrons. The summed E-state index contributed by atoms with van der Waals surface area (Å²) >= 11 is 0. The first-order valence-corrected chi connectivity index (χ1v) is 5.10. The molecule has 1 unspecified atom stereocenters. The minimum absolute atomic E-state index is 0.165. The molecule has 1 saturated heterocycles. The predicted molar refractivity (Wildman–Crippen MR) is 54.0 cm³/mol. The minimum Gasteiger partial charge on any atom is -0.379 e. The highest BCUT2D eigenvalue weighted by Gasteiger charge is 2.30. The summed E-state index contributed by atoms with van der Waals surface area (Å²) in [5.74, 6) is 0. The van der Waals surface area contributed by atoms with Crippen LogP contribution in [0.25, 0.3) is 0 Å². The lowest BCUT2D eigenvalue weighted by atomic mass is 9.93. The van der Waals surface area contributed by atoms with E-state index >= 15 is 0 Å². The van der Waals surface area contributed by atoms with Gasteiger partial charge in [-0.2, -0.15) is 5.10 Å². The van der Waals surface area contributed by atoms with Crippen LogP contribution in [0.2, 0.25) is 0 Å². The quantitative estimate of drug-likeness (QED) is 0.767. The fourth-order valence-corrected chi connectivity index (χ4v) is 1.84. The van der Waals surface area contributed by atoms with Crippen molar-refractivity contribution < 1.29 is 4.74 Å². The zero-order valence-corrected chi connectivity index (χ0v) is 8.57. The van der Waals surface area contributed by atoms with Crippen LogP contribution in [0.15, 0.2) is 12.4 Å². The van der Waals surface area contributed by atoms with Gasteiger partial charge in [0.2, 0.25) is 0 Å². The first-order chi connectivity index (χ1) is 6.72. The number of nitrogens with zero attached hydrogens (tertiary/aromatic N) is 2. The number of aryl methyl sites for hydroxylation is 1. The van der Waals surface area contributed by atoms with Gasteiger partial charge >= 0.3 is 0 Å². The SMILES string of the molecule is CCn1cc(CC2(N)CCOC2)cn1. The topological polar surface area (TPSA) is 53.1 Å². The molecular weight excluding hydrogens is 178 g/mol. The summed E-state index contributed by atoms with van der Waals surface area (Å²) in [4.78, 5) is 0. The minimum atomic E-state index is -0.165. The molecule has 1 atom stereocenters. The summed E-state index contributed by atoms with van der Waals surface area (Å²) in [6.07, 6.45) is 5.78. The van der Waals surface area contributed by atoms with E-state index in [1.165, 1.54) is 5.56 Å². The van der Waals surface area contributed by atoms with Gasteiger partial charge in [-0.1, -0.05) is 0 Å². The number of aromatic nitrogens is 2. The normalized spacial score (nSPS) is 27.0. The van der Waals surface area contributed by atoms with Crippen molar-refractivity contribution in [3.63, 3.8) is 0 Å². The first-order valence-electron chi connectivity index (χ1n) is 5.10. The highest BCUT2D eigenvalue weighted by molar-refractivity contribution is 5.10. The largest absolute Gasteiger partial charge is 0.379 e. The van der Waals surface area contributed by atoms with Gasteiger partial charge in [-0.3, -0.25) is 4.68 Å². The van der Waals surface area contributed by atoms with Crippen molar-refractivity contribution in [2.45, 2.75) is 31.8 Å². The zero-order valence-electron chi connectivity index (χ0n) is 8.57. The number of ether oxygens (including phenoxy) is 1. The zero-order chi connectivity index (χ0) is 10.0. The molecule has 0 radical (unpaired) electrons. The Morgan fingerprint density at radius 3 is 3.14 bits per heavy atom. The third kappa shape index (κ3) is 1.96. The van der Waals surface area contributed by atoms with E-state index in [4.69, 9.17) is 10.5 Å². The number of hydrogen-bond acceptors (Lipinski definition) is 3. The molecule has 2 heterocycles. The first kappa shape index (κ1) is 9.68. The fourth-order valence-electron chi connectivity index (χ4n) is 1.84. The molecule has 0 aromatic carbocycles. The Kier molecular flexibility index (Phi) is 2.56. The van der Waals surface area contributed by atoms with Gasteiger partial charge in [0.05, 0.1) is 12.8 Å². The van der Waals surface area contributed by atoms with Crippen LogP contribution in [0.5, 0.6) is 0 Å². The van der Waals surface area contributed by atoms with Crippen LogP contribution in [0, 0.1) is 0 Å².